The summed E-state index contributed by atoms with van der Waals surface area (Å²) in [5.74, 6) is 0. The number of para-hydroxylation sites is 1. The van der Waals surface area contributed by atoms with Gasteiger partial charge in [-0.15, -0.1) is 0 Å². The van der Waals surface area contributed by atoms with Gasteiger partial charge in [-0.3, -0.25) is 0 Å². The Balaban J connectivity index is 1.51. The molecule has 1 aromatic heterocycles. The summed E-state index contributed by atoms with van der Waals surface area (Å²) in [4.78, 5) is 0. The molecular formula is C21H23N3. The van der Waals surface area contributed by atoms with Gasteiger partial charge in [0.1, 0.15) is 0 Å². The van der Waals surface area contributed by atoms with Crippen LogP contribution in [0.2, 0.25) is 0 Å². The van der Waals surface area contributed by atoms with Gasteiger partial charge < -0.3 is 5.32 Å². The molecule has 1 heterocycles. The molecule has 3 heteroatoms. The van der Waals surface area contributed by atoms with Crippen molar-refractivity contribution in [3.05, 3.63) is 84.2 Å². The van der Waals surface area contributed by atoms with Crippen LogP contribution in [0.5, 0.6) is 0 Å². The molecule has 1 aliphatic rings. The molecule has 24 heavy (non-hydrogen) atoms. The normalized spacial score (nSPS) is 16.7. The molecular weight excluding hydrogens is 294 g/mol. The van der Waals surface area contributed by atoms with Crippen LogP contribution in [0.15, 0.2) is 73.1 Å². The average molecular weight is 317 g/mol. The first-order valence-corrected chi connectivity index (χ1v) is 8.66. The lowest BCUT2D eigenvalue weighted by molar-refractivity contribution is 0.509. The average Bonchev–Trinajstić information content (AvgIpc) is 3.24. The maximum Gasteiger partial charge on any atom is 0.0693 e. The number of nitrogens with one attached hydrogen (secondary N) is 1. The molecule has 0 saturated heterocycles. The minimum absolute atomic E-state index is 0.284. The van der Waals surface area contributed by atoms with Crippen molar-refractivity contribution in [3.8, 4) is 5.69 Å². The van der Waals surface area contributed by atoms with E-state index in [1.54, 1.807) is 0 Å². The van der Waals surface area contributed by atoms with Crippen LogP contribution in [-0.4, -0.2) is 16.3 Å². The summed E-state index contributed by atoms with van der Waals surface area (Å²) < 4.78 is 1.94. The van der Waals surface area contributed by atoms with Gasteiger partial charge in [-0.05, 0) is 43.0 Å². The largest absolute Gasteiger partial charge is 0.309 e. The van der Waals surface area contributed by atoms with Crippen molar-refractivity contribution in [3.63, 3.8) is 0 Å². The van der Waals surface area contributed by atoms with Crippen molar-refractivity contribution in [1.29, 1.82) is 0 Å². The fourth-order valence-electron chi connectivity index (χ4n) is 3.44. The van der Waals surface area contributed by atoms with E-state index in [9.17, 15) is 0 Å². The Morgan fingerprint density at radius 2 is 1.79 bits per heavy atom. The summed E-state index contributed by atoms with van der Waals surface area (Å²) in [5.41, 5.74) is 4.22. The second-order valence-corrected chi connectivity index (χ2v) is 6.76. The second kappa shape index (κ2) is 6.25. The number of hydrogen-bond acceptors (Lipinski definition) is 2. The van der Waals surface area contributed by atoms with Gasteiger partial charge in [-0.2, -0.15) is 5.10 Å². The van der Waals surface area contributed by atoms with Crippen LogP contribution >= 0.6 is 0 Å². The zero-order valence-electron chi connectivity index (χ0n) is 14.0. The fourth-order valence-corrected chi connectivity index (χ4v) is 3.44. The van der Waals surface area contributed by atoms with Crippen molar-refractivity contribution < 1.29 is 0 Å². The highest BCUT2D eigenvalue weighted by molar-refractivity contribution is 5.42. The highest BCUT2D eigenvalue weighted by Crippen LogP contribution is 2.47. The SMILES string of the molecule is CC(NCC1(c2ccccc2)CC1)c1ccccc1-n1cccn1. The molecule has 1 saturated carbocycles. The molecule has 1 atom stereocenters. The van der Waals surface area contributed by atoms with E-state index in [1.165, 1.54) is 24.0 Å². The number of rotatable bonds is 6. The molecule has 0 spiro atoms. The lowest BCUT2D eigenvalue weighted by Crippen LogP contribution is -2.29. The first-order valence-electron chi connectivity index (χ1n) is 8.66. The smallest absolute Gasteiger partial charge is 0.0693 e. The Morgan fingerprint density at radius 3 is 2.50 bits per heavy atom. The van der Waals surface area contributed by atoms with E-state index in [2.05, 4.69) is 71.9 Å². The minimum atomic E-state index is 0.284. The first kappa shape index (κ1) is 15.2. The quantitative estimate of drug-likeness (QED) is 0.736. The molecule has 122 valence electrons. The second-order valence-electron chi connectivity index (χ2n) is 6.76. The van der Waals surface area contributed by atoms with Gasteiger partial charge in [0.05, 0.1) is 5.69 Å². The van der Waals surface area contributed by atoms with Gasteiger partial charge in [0.15, 0.2) is 0 Å². The monoisotopic (exact) mass is 317 g/mol. The lowest BCUT2D eigenvalue weighted by Gasteiger charge is -2.22. The van der Waals surface area contributed by atoms with Crippen molar-refractivity contribution >= 4 is 0 Å². The Hall–Kier alpha value is -2.39. The Bertz CT molecular complexity index is 789. The molecule has 1 fully saturated rings. The molecule has 3 nitrogen and oxygen atoms in total. The highest BCUT2D eigenvalue weighted by atomic mass is 15.3. The maximum atomic E-state index is 4.39. The van der Waals surface area contributed by atoms with Crippen LogP contribution in [0.25, 0.3) is 5.69 Å². The molecule has 2 aromatic carbocycles. The summed E-state index contributed by atoms with van der Waals surface area (Å²) in [6.07, 6.45) is 6.37. The molecule has 4 rings (SSSR count). The van der Waals surface area contributed by atoms with Gasteiger partial charge >= 0.3 is 0 Å². The van der Waals surface area contributed by atoms with Crippen molar-refractivity contribution in [2.45, 2.75) is 31.2 Å². The molecule has 1 unspecified atom stereocenters. The maximum absolute atomic E-state index is 4.39. The summed E-state index contributed by atoms with van der Waals surface area (Å²) in [6, 6.07) is 21.6. The third-order valence-corrected chi connectivity index (χ3v) is 5.14. The highest BCUT2D eigenvalue weighted by Gasteiger charge is 2.43. The molecule has 1 aliphatic carbocycles. The topological polar surface area (TPSA) is 29.9 Å². The van der Waals surface area contributed by atoms with Gasteiger partial charge in [0, 0.05) is 30.4 Å². The predicted molar refractivity (Wildman–Crippen MR) is 97.3 cm³/mol. The van der Waals surface area contributed by atoms with Gasteiger partial charge in [0.2, 0.25) is 0 Å². The molecule has 1 N–H and O–H groups in total. The third-order valence-electron chi connectivity index (χ3n) is 5.14. The Kier molecular flexibility index (Phi) is 3.95. The predicted octanol–water partition coefficient (Wildman–Crippen LogP) is 4.25. The van der Waals surface area contributed by atoms with E-state index in [4.69, 9.17) is 0 Å². The summed E-state index contributed by atoms with van der Waals surface area (Å²) in [7, 11) is 0. The summed E-state index contributed by atoms with van der Waals surface area (Å²) >= 11 is 0. The van der Waals surface area contributed by atoms with E-state index in [1.807, 2.05) is 23.1 Å². The number of benzene rings is 2. The van der Waals surface area contributed by atoms with Crippen molar-refractivity contribution in [2.75, 3.05) is 6.54 Å². The third kappa shape index (κ3) is 2.87. The van der Waals surface area contributed by atoms with Crippen LogP contribution in [0.3, 0.4) is 0 Å². The molecule has 0 bridgehead atoms. The molecule has 0 amide bonds. The van der Waals surface area contributed by atoms with E-state index < -0.39 is 0 Å². The first-order chi connectivity index (χ1) is 11.8. The van der Waals surface area contributed by atoms with Crippen LogP contribution in [0, 0.1) is 0 Å². The zero-order chi connectivity index (χ0) is 16.4. The Labute approximate surface area is 143 Å². The van der Waals surface area contributed by atoms with Crippen molar-refractivity contribution in [1.82, 2.24) is 15.1 Å². The molecule has 0 radical (unpaired) electrons. The summed E-state index contributed by atoms with van der Waals surface area (Å²) in [5, 5.41) is 8.15. The van der Waals surface area contributed by atoms with Gasteiger partial charge in [0.25, 0.3) is 0 Å². The lowest BCUT2D eigenvalue weighted by atomic mass is 9.95. The molecule has 3 aromatic rings. The van der Waals surface area contributed by atoms with E-state index in [0.29, 0.717) is 5.41 Å². The number of nitrogens with zero attached hydrogens (tertiary/aromatic N) is 2. The minimum Gasteiger partial charge on any atom is -0.309 e. The fraction of sp³-hybridized carbons (Fsp3) is 0.286. The van der Waals surface area contributed by atoms with Gasteiger partial charge in [-0.25, -0.2) is 4.68 Å². The van der Waals surface area contributed by atoms with Crippen LogP contribution in [0.1, 0.15) is 36.9 Å². The number of aromatic nitrogens is 2. The van der Waals surface area contributed by atoms with Gasteiger partial charge in [-0.1, -0.05) is 48.5 Å². The summed E-state index contributed by atoms with van der Waals surface area (Å²) in [6.45, 7) is 3.26. The number of hydrogen-bond donors (Lipinski definition) is 1. The zero-order valence-corrected chi connectivity index (χ0v) is 14.0. The van der Waals surface area contributed by atoms with Crippen molar-refractivity contribution in [2.24, 2.45) is 0 Å². The standard InChI is InChI=1S/C21H23N3/c1-17(19-10-5-6-11-20(19)24-15-7-14-23-24)22-16-21(12-13-21)18-8-3-2-4-9-18/h2-11,14-15,17,22H,12-13,16H2,1H3. The van der Waals surface area contributed by atoms with E-state index in [0.717, 1.165) is 12.2 Å². The van der Waals surface area contributed by atoms with E-state index >= 15 is 0 Å². The van der Waals surface area contributed by atoms with E-state index in [-0.39, 0.29) is 6.04 Å². The van der Waals surface area contributed by atoms with Crippen LogP contribution in [-0.2, 0) is 5.41 Å². The Morgan fingerprint density at radius 1 is 1.04 bits per heavy atom. The molecule has 0 aliphatic heterocycles. The van der Waals surface area contributed by atoms with Crippen LogP contribution < -0.4 is 5.32 Å². The van der Waals surface area contributed by atoms with Crippen LogP contribution in [0.4, 0.5) is 0 Å².